The van der Waals surface area contributed by atoms with E-state index in [2.05, 4.69) is 15.3 Å². The first-order valence-electron chi connectivity index (χ1n) is 4.12. The normalized spacial score (nSPS) is 10.5. The predicted molar refractivity (Wildman–Crippen MR) is 59.2 cm³/mol. The average Bonchev–Trinajstić information content (AvgIpc) is 1.98. The number of likely N-dealkylation sites (N-methyl/N-ethyl adjacent to an activating group) is 1. The molecule has 1 heterocycles. The Balaban J connectivity index is 2.68. The molecule has 0 atom stereocenters. The Labute approximate surface area is 97.4 Å². The number of anilines is 1. The topological polar surface area (TPSA) is 58.1 Å². The van der Waals surface area contributed by atoms with Gasteiger partial charge in [-0.05, 0) is 25.7 Å². The van der Waals surface area contributed by atoms with Crippen LogP contribution in [0.5, 0.6) is 0 Å². The fourth-order valence-corrected chi connectivity index (χ4v) is 1.33. The summed E-state index contributed by atoms with van der Waals surface area (Å²) in [6.45, 7) is 0.263. The third-order valence-corrected chi connectivity index (χ3v) is 1.76. The van der Waals surface area contributed by atoms with Crippen molar-refractivity contribution >= 4 is 34.9 Å². The molecular formula is C8H10Cl2N4O. The molecule has 0 spiro atoms. The van der Waals surface area contributed by atoms with Crippen molar-refractivity contribution < 1.29 is 4.79 Å². The third-order valence-electron chi connectivity index (χ3n) is 1.39. The summed E-state index contributed by atoms with van der Waals surface area (Å²) in [4.78, 5) is 20.5. The summed E-state index contributed by atoms with van der Waals surface area (Å²) in [6, 6.07) is 1.43. The van der Waals surface area contributed by atoms with Gasteiger partial charge in [-0.3, -0.25) is 4.79 Å². The number of nitrogens with zero attached hydrogens (tertiary/aromatic N) is 3. The van der Waals surface area contributed by atoms with E-state index in [4.69, 9.17) is 23.2 Å². The Hall–Kier alpha value is -0.910. The van der Waals surface area contributed by atoms with Crippen molar-refractivity contribution in [1.82, 2.24) is 14.9 Å². The van der Waals surface area contributed by atoms with Crippen LogP contribution < -0.4 is 5.32 Å². The van der Waals surface area contributed by atoms with E-state index in [1.54, 1.807) is 19.0 Å². The largest absolute Gasteiger partial charge is 0.309 e. The minimum atomic E-state index is -0.189. The standard InChI is InChI=1S/C8H10Cl2N4O/c1-14(2)4-7(15)12-6-3-5(9)11-8(10)13-6/h3H,4H2,1-2H3,(H,11,12,13,15). The van der Waals surface area contributed by atoms with Crippen molar-refractivity contribution in [1.29, 1.82) is 0 Å². The molecule has 0 aliphatic carbocycles. The van der Waals surface area contributed by atoms with Gasteiger partial charge in [-0.25, -0.2) is 9.97 Å². The van der Waals surface area contributed by atoms with Crippen LogP contribution in [0.15, 0.2) is 6.07 Å². The molecule has 0 saturated heterocycles. The number of halogens is 2. The Kier molecular flexibility index (Phi) is 4.26. The van der Waals surface area contributed by atoms with E-state index in [1.807, 2.05) is 0 Å². The quantitative estimate of drug-likeness (QED) is 0.647. The molecule has 0 aliphatic rings. The molecule has 0 unspecified atom stereocenters. The molecule has 1 rings (SSSR count). The second-order valence-corrected chi connectivity index (χ2v) is 3.86. The van der Waals surface area contributed by atoms with Crippen molar-refractivity contribution in [3.05, 3.63) is 16.5 Å². The minimum absolute atomic E-state index is 0.00246. The average molecular weight is 249 g/mol. The molecule has 82 valence electrons. The van der Waals surface area contributed by atoms with Crippen molar-refractivity contribution in [2.24, 2.45) is 0 Å². The fourth-order valence-electron chi connectivity index (χ4n) is 0.924. The van der Waals surface area contributed by atoms with Crippen molar-refractivity contribution in [3.8, 4) is 0 Å². The molecule has 0 aromatic carbocycles. The van der Waals surface area contributed by atoms with E-state index < -0.39 is 0 Å². The van der Waals surface area contributed by atoms with Gasteiger partial charge in [-0.2, -0.15) is 0 Å². The zero-order chi connectivity index (χ0) is 11.4. The first kappa shape index (κ1) is 12.2. The predicted octanol–water partition coefficient (Wildman–Crippen LogP) is 1.28. The molecule has 0 aliphatic heterocycles. The van der Waals surface area contributed by atoms with Crippen LogP contribution in [-0.4, -0.2) is 41.4 Å². The molecule has 15 heavy (non-hydrogen) atoms. The number of nitrogens with one attached hydrogen (secondary N) is 1. The van der Waals surface area contributed by atoms with Crippen LogP contribution in [0.1, 0.15) is 0 Å². The highest BCUT2D eigenvalue weighted by molar-refractivity contribution is 6.32. The Morgan fingerprint density at radius 3 is 2.67 bits per heavy atom. The summed E-state index contributed by atoms with van der Waals surface area (Å²) in [5.41, 5.74) is 0. The molecular weight excluding hydrogens is 239 g/mol. The molecule has 0 saturated carbocycles. The lowest BCUT2D eigenvalue weighted by atomic mass is 10.5. The number of rotatable bonds is 3. The van der Waals surface area contributed by atoms with E-state index in [0.29, 0.717) is 5.82 Å². The zero-order valence-electron chi connectivity index (χ0n) is 8.29. The summed E-state index contributed by atoms with van der Waals surface area (Å²) < 4.78 is 0. The molecule has 0 bridgehead atoms. The molecule has 7 heteroatoms. The smallest absolute Gasteiger partial charge is 0.239 e. The van der Waals surface area contributed by atoms with Gasteiger partial charge in [0.1, 0.15) is 11.0 Å². The number of carbonyl (C=O) groups is 1. The highest BCUT2D eigenvalue weighted by atomic mass is 35.5. The molecule has 0 fully saturated rings. The van der Waals surface area contributed by atoms with Crippen LogP contribution in [0.25, 0.3) is 0 Å². The Morgan fingerprint density at radius 1 is 1.47 bits per heavy atom. The molecule has 1 aromatic heterocycles. The van der Waals surface area contributed by atoms with E-state index in [-0.39, 0.29) is 22.9 Å². The van der Waals surface area contributed by atoms with Crippen LogP contribution in [0.3, 0.4) is 0 Å². The maximum Gasteiger partial charge on any atom is 0.239 e. The van der Waals surface area contributed by atoms with E-state index in [9.17, 15) is 4.79 Å². The Bertz CT molecular complexity index is 349. The third kappa shape index (κ3) is 4.42. The van der Waals surface area contributed by atoms with Gasteiger partial charge in [0.05, 0.1) is 6.54 Å². The lowest BCUT2D eigenvalue weighted by molar-refractivity contribution is -0.116. The highest BCUT2D eigenvalue weighted by Gasteiger charge is 2.06. The number of amides is 1. The second-order valence-electron chi connectivity index (χ2n) is 3.13. The summed E-state index contributed by atoms with van der Waals surface area (Å²) in [5, 5.41) is 2.75. The first-order valence-corrected chi connectivity index (χ1v) is 4.87. The number of hydrogen-bond donors (Lipinski definition) is 1. The van der Waals surface area contributed by atoms with Crippen LogP contribution >= 0.6 is 23.2 Å². The van der Waals surface area contributed by atoms with Gasteiger partial charge in [0.25, 0.3) is 0 Å². The highest BCUT2D eigenvalue weighted by Crippen LogP contribution is 2.13. The lowest BCUT2D eigenvalue weighted by Gasteiger charge is -2.09. The molecule has 1 N–H and O–H groups in total. The Morgan fingerprint density at radius 2 is 2.13 bits per heavy atom. The van der Waals surface area contributed by atoms with E-state index in [1.165, 1.54) is 6.07 Å². The van der Waals surface area contributed by atoms with Crippen LogP contribution in [-0.2, 0) is 4.79 Å². The van der Waals surface area contributed by atoms with Crippen LogP contribution in [0.2, 0.25) is 10.4 Å². The van der Waals surface area contributed by atoms with Crippen LogP contribution in [0, 0.1) is 0 Å². The van der Waals surface area contributed by atoms with Crippen molar-refractivity contribution in [3.63, 3.8) is 0 Å². The van der Waals surface area contributed by atoms with Gasteiger partial charge in [-0.15, -0.1) is 0 Å². The zero-order valence-corrected chi connectivity index (χ0v) is 9.80. The molecule has 0 radical (unpaired) electrons. The number of aromatic nitrogens is 2. The molecule has 1 amide bonds. The first-order chi connectivity index (χ1) is 6.97. The number of hydrogen-bond acceptors (Lipinski definition) is 4. The van der Waals surface area contributed by atoms with Gasteiger partial charge in [-0.1, -0.05) is 11.6 Å². The summed E-state index contributed by atoms with van der Waals surface area (Å²) in [6.07, 6.45) is 0. The maximum atomic E-state index is 11.3. The lowest BCUT2D eigenvalue weighted by Crippen LogP contribution is -2.27. The van der Waals surface area contributed by atoms with Gasteiger partial charge >= 0.3 is 0 Å². The molecule has 1 aromatic rings. The van der Waals surface area contributed by atoms with Crippen LogP contribution in [0.4, 0.5) is 5.82 Å². The fraction of sp³-hybridized carbons (Fsp3) is 0.375. The van der Waals surface area contributed by atoms with E-state index in [0.717, 1.165) is 0 Å². The second kappa shape index (κ2) is 5.25. The summed E-state index contributed by atoms with van der Waals surface area (Å²) >= 11 is 11.2. The maximum absolute atomic E-state index is 11.3. The minimum Gasteiger partial charge on any atom is -0.309 e. The van der Waals surface area contributed by atoms with Crippen molar-refractivity contribution in [2.75, 3.05) is 26.0 Å². The van der Waals surface area contributed by atoms with Gasteiger partial charge in [0.15, 0.2) is 0 Å². The van der Waals surface area contributed by atoms with Crippen molar-refractivity contribution in [2.45, 2.75) is 0 Å². The monoisotopic (exact) mass is 248 g/mol. The summed E-state index contributed by atoms with van der Waals surface area (Å²) in [5.74, 6) is 0.109. The number of carbonyl (C=O) groups excluding carboxylic acids is 1. The van der Waals surface area contributed by atoms with Gasteiger partial charge in [0.2, 0.25) is 11.2 Å². The summed E-state index contributed by atoms with van der Waals surface area (Å²) in [7, 11) is 3.58. The van der Waals surface area contributed by atoms with Gasteiger partial charge in [0, 0.05) is 6.07 Å². The SMILES string of the molecule is CN(C)CC(=O)Nc1cc(Cl)nc(Cl)n1. The van der Waals surface area contributed by atoms with E-state index >= 15 is 0 Å². The molecule has 5 nitrogen and oxygen atoms in total. The van der Waals surface area contributed by atoms with Gasteiger partial charge < -0.3 is 10.2 Å².